The van der Waals surface area contributed by atoms with Gasteiger partial charge in [0.1, 0.15) is 0 Å². The number of nitrogens with zero attached hydrogens (tertiary/aromatic N) is 3. The molecule has 1 aromatic heterocycles. The molecule has 8 heteroatoms. The Morgan fingerprint density at radius 1 is 1.24 bits per heavy atom. The zero-order chi connectivity index (χ0) is 20.5. The highest BCUT2D eigenvalue weighted by Gasteiger charge is 2.27. The van der Waals surface area contributed by atoms with Gasteiger partial charge in [-0.05, 0) is 49.9 Å². The van der Waals surface area contributed by atoms with Crippen molar-refractivity contribution in [3.8, 4) is 0 Å². The smallest absolute Gasteiger partial charge is 0.269 e. The number of amides is 1. The molecular weight excluding hydrogens is 390 g/mol. The number of hydrogen-bond acceptors (Lipinski definition) is 6. The van der Waals surface area contributed by atoms with Gasteiger partial charge in [0.05, 0.1) is 27.8 Å². The Hall–Kier alpha value is -2.84. The summed E-state index contributed by atoms with van der Waals surface area (Å²) >= 11 is 1.49. The fourth-order valence-corrected chi connectivity index (χ4v) is 4.60. The molecule has 2 heterocycles. The fraction of sp³-hybridized carbons (Fsp3) is 0.333. The highest BCUT2D eigenvalue weighted by atomic mass is 32.1. The van der Waals surface area contributed by atoms with Crippen LogP contribution in [0.1, 0.15) is 34.3 Å². The van der Waals surface area contributed by atoms with Crippen molar-refractivity contribution in [1.82, 2.24) is 4.98 Å². The number of non-ortho nitro benzene ring substituents is 1. The van der Waals surface area contributed by atoms with Crippen molar-refractivity contribution in [2.75, 3.05) is 18.1 Å². The maximum Gasteiger partial charge on any atom is 0.269 e. The van der Waals surface area contributed by atoms with E-state index < -0.39 is 4.92 Å². The van der Waals surface area contributed by atoms with Crippen LogP contribution in [0.25, 0.3) is 10.2 Å². The Bertz CT molecular complexity index is 1030. The van der Waals surface area contributed by atoms with E-state index in [4.69, 9.17) is 9.72 Å². The molecule has 0 radical (unpaired) electrons. The minimum atomic E-state index is -0.475. The van der Waals surface area contributed by atoms with E-state index >= 15 is 0 Å². The first-order valence-corrected chi connectivity index (χ1v) is 10.3. The van der Waals surface area contributed by atoms with Gasteiger partial charge >= 0.3 is 0 Å². The molecule has 1 saturated heterocycles. The molecule has 0 aliphatic carbocycles. The van der Waals surface area contributed by atoms with E-state index in [9.17, 15) is 14.9 Å². The first-order valence-electron chi connectivity index (χ1n) is 9.48. The molecule has 0 spiro atoms. The number of thiazole rings is 1. The Labute approximate surface area is 172 Å². The highest BCUT2D eigenvalue weighted by molar-refractivity contribution is 7.22. The number of aryl methyl sites for hydroxylation is 2. The second-order valence-corrected chi connectivity index (χ2v) is 8.21. The quantitative estimate of drug-likeness (QED) is 0.451. The van der Waals surface area contributed by atoms with E-state index in [1.54, 1.807) is 4.90 Å². The molecule has 4 rings (SSSR count). The molecular formula is C21H21N3O4S. The Balaban J connectivity index is 1.73. The first kappa shape index (κ1) is 19.5. The van der Waals surface area contributed by atoms with Crippen LogP contribution in [0.3, 0.4) is 0 Å². The first-order chi connectivity index (χ1) is 13.9. The molecule has 1 aliphatic rings. The van der Waals surface area contributed by atoms with Crippen molar-refractivity contribution < 1.29 is 14.5 Å². The van der Waals surface area contributed by atoms with E-state index in [0.29, 0.717) is 23.8 Å². The Morgan fingerprint density at radius 3 is 2.59 bits per heavy atom. The van der Waals surface area contributed by atoms with Gasteiger partial charge in [0, 0.05) is 24.3 Å². The second-order valence-electron chi connectivity index (χ2n) is 7.23. The van der Waals surface area contributed by atoms with Gasteiger partial charge in [0.15, 0.2) is 5.13 Å². The molecule has 0 N–H and O–H groups in total. The van der Waals surface area contributed by atoms with Crippen molar-refractivity contribution in [1.29, 1.82) is 0 Å². The van der Waals surface area contributed by atoms with Gasteiger partial charge in [-0.3, -0.25) is 19.8 Å². The summed E-state index contributed by atoms with van der Waals surface area (Å²) in [5.41, 5.74) is 3.43. The molecule has 150 valence electrons. The minimum absolute atomic E-state index is 0.0359. The fourth-order valence-electron chi connectivity index (χ4n) is 3.48. The van der Waals surface area contributed by atoms with Crippen molar-refractivity contribution in [2.45, 2.75) is 32.8 Å². The predicted molar refractivity (Wildman–Crippen MR) is 113 cm³/mol. The van der Waals surface area contributed by atoms with Crippen LogP contribution in [0.15, 0.2) is 36.4 Å². The minimum Gasteiger partial charge on any atom is -0.376 e. The second kappa shape index (κ2) is 7.88. The third kappa shape index (κ3) is 3.86. The molecule has 0 saturated carbocycles. The van der Waals surface area contributed by atoms with Crippen LogP contribution in [0.4, 0.5) is 10.8 Å². The summed E-state index contributed by atoms with van der Waals surface area (Å²) in [6.45, 7) is 5.15. The number of rotatable bonds is 5. The largest absolute Gasteiger partial charge is 0.376 e. The van der Waals surface area contributed by atoms with Gasteiger partial charge < -0.3 is 4.74 Å². The molecule has 2 aromatic carbocycles. The number of carbonyl (C=O) groups is 1. The average Bonchev–Trinajstić information content (AvgIpc) is 3.39. The predicted octanol–water partition coefficient (Wildman–Crippen LogP) is 4.65. The number of benzene rings is 2. The van der Waals surface area contributed by atoms with Crippen molar-refractivity contribution in [3.05, 3.63) is 63.2 Å². The third-order valence-electron chi connectivity index (χ3n) is 5.14. The van der Waals surface area contributed by atoms with Crippen LogP contribution in [0, 0.1) is 24.0 Å². The zero-order valence-corrected chi connectivity index (χ0v) is 17.1. The summed E-state index contributed by atoms with van der Waals surface area (Å²) in [5, 5.41) is 11.5. The molecule has 7 nitrogen and oxygen atoms in total. The van der Waals surface area contributed by atoms with Gasteiger partial charge in [0.25, 0.3) is 11.6 Å². The van der Waals surface area contributed by atoms with E-state index in [-0.39, 0.29) is 17.7 Å². The average molecular weight is 411 g/mol. The summed E-state index contributed by atoms with van der Waals surface area (Å²) < 4.78 is 6.82. The number of ether oxygens (including phenoxy) is 1. The summed E-state index contributed by atoms with van der Waals surface area (Å²) in [6.07, 6.45) is 1.83. The number of anilines is 1. The van der Waals surface area contributed by atoms with Gasteiger partial charge in [-0.15, -0.1) is 0 Å². The van der Waals surface area contributed by atoms with Crippen molar-refractivity contribution in [2.24, 2.45) is 0 Å². The van der Waals surface area contributed by atoms with Crippen LogP contribution < -0.4 is 4.90 Å². The maximum atomic E-state index is 13.3. The molecule has 3 aromatic rings. The number of carbonyl (C=O) groups excluding carboxylic acids is 1. The highest BCUT2D eigenvalue weighted by Crippen LogP contribution is 2.34. The molecule has 1 atom stereocenters. The molecule has 1 fully saturated rings. The lowest BCUT2D eigenvalue weighted by molar-refractivity contribution is -0.384. The lowest BCUT2D eigenvalue weighted by Crippen LogP contribution is -2.37. The molecule has 1 unspecified atom stereocenters. The van der Waals surface area contributed by atoms with Crippen molar-refractivity contribution >= 4 is 38.3 Å². The molecule has 1 aliphatic heterocycles. The number of aromatic nitrogens is 1. The van der Waals surface area contributed by atoms with Gasteiger partial charge in [0.2, 0.25) is 0 Å². The summed E-state index contributed by atoms with van der Waals surface area (Å²) in [4.78, 5) is 30.2. The lowest BCUT2D eigenvalue weighted by Gasteiger charge is -2.23. The summed E-state index contributed by atoms with van der Waals surface area (Å²) in [5.74, 6) is -0.232. The topological polar surface area (TPSA) is 85.6 Å². The number of nitro benzene ring substituents is 1. The normalized spacial score (nSPS) is 16.3. The number of nitro groups is 1. The number of fused-ring (bicyclic) bond motifs is 1. The van der Waals surface area contributed by atoms with Crippen LogP contribution in [-0.4, -0.2) is 35.1 Å². The lowest BCUT2D eigenvalue weighted by atomic mass is 10.1. The maximum absolute atomic E-state index is 13.3. The monoisotopic (exact) mass is 411 g/mol. The zero-order valence-electron chi connectivity index (χ0n) is 16.3. The van der Waals surface area contributed by atoms with E-state index in [2.05, 4.69) is 6.07 Å². The molecule has 0 bridgehead atoms. The summed E-state index contributed by atoms with van der Waals surface area (Å²) in [7, 11) is 0. The van der Waals surface area contributed by atoms with Crippen LogP contribution in [0.5, 0.6) is 0 Å². The Morgan fingerprint density at radius 2 is 1.97 bits per heavy atom. The standard InChI is InChI=1S/C21H21N3O4S/c1-13-5-6-14(2)19-18(13)22-21(29-19)23(12-17-4-3-11-28-17)20(25)15-7-9-16(10-8-15)24(26)27/h5-10,17H,3-4,11-12H2,1-2H3. The molecule has 1 amide bonds. The van der Waals surface area contributed by atoms with Crippen LogP contribution in [0.2, 0.25) is 0 Å². The van der Waals surface area contributed by atoms with Crippen LogP contribution in [-0.2, 0) is 4.74 Å². The molecule has 29 heavy (non-hydrogen) atoms. The van der Waals surface area contributed by atoms with Crippen LogP contribution >= 0.6 is 11.3 Å². The van der Waals surface area contributed by atoms with Crippen molar-refractivity contribution in [3.63, 3.8) is 0 Å². The van der Waals surface area contributed by atoms with E-state index in [1.807, 2.05) is 19.9 Å². The van der Waals surface area contributed by atoms with Gasteiger partial charge in [-0.2, -0.15) is 0 Å². The van der Waals surface area contributed by atoms with Gasteiger partial charge in [-0.25, -0.2) is 4.98 Å². The third-order valence-corrected chi connectivity index (χ3v) is 6.36. The number of hydrogen-bond donors (Lipinski definition) is 0. The summed E-state index contributed by atoms with van der Waals surface area (Å²) in [6, 6.07) is 9.78. The van der Waals surface area contributed by atoms with E-state index in [0.717, 1.165) is 34.2 Å². The Kier molecular flexibility index (Phi) is 5.29. The van der Waals surface area contributed by atoms with Gasteiger partial charge in [-0.1, -0.05) is 23.5 Å². The SMILES string of the molecule is Cc1ccc(C)c2sc(N(CC3CCCO3)C(=O)c3ccc([N+](=O)[O-])cc3)nc12. The van der Waals surface area contributed by atoms with E-state index in [1.165, 1.54) is 35.6 Å².